The summed E-state index contributed by atoms with van der Waals surface area (Å²) in [5, 5.41) is 5.06. The first-order valence-electron chi connectivity index (χ1n) is 6.43. The molecule has 0 amide bonds. The smallest absolute Gasteiger partial charge is 0.0985 e. The lowest BCUT2D eigenvalue weighted by Crippen LogP contribution is -2.21. The molecule has 2 aromatic rings. The molecule has 88 valence electrons. The highest BCUT2D eigenvalue weighted by Gasteiger charge is 2.41. The molecule has 3 atom stereocenters. The maximum Gasteiger partial charge on any atom is 0.0985 e. The van der Waals surface area contributed by atoms with Gasteiger partial charge in [-0.1, -0.05) is 12.1 Å². The molecule has 3 heteroatoms. The van der Waals surface area contributed by atoms with Crippen LogP contribution in [0.5, 0.6) is 0 Å². The predicted molar refractivity (Wildman–Crippen MR) is 71.7 cm³/mol. The van der Waals surface area contributed by atoms with E-state index in [1.807, 2.05) is 11.3 Å². The normalized spacial score (nSPS) is 31.5. The molecule has 2 aliphatic rings. The Morgan fingerprint density at radius 2 is 2.29 bits per heavy atom. The summed E-state index contributed by atoms with van der Waals surface area (Å²) in [6, 6.07) is 7.95. The highest BCUT2D eigenvalue weighted by Crippen LogP contribution is 2.42. The van der Waals surface area contributed by atoms with Crippen molar-refractivity contribution in [1.29, 1.82) is 0 Å². The Morgan fingerprint density at radius 1 is 1.35 bits per heavy atom. The zero-order valence-electron chi connectivity index (χ0n) is 9.94. The second-order valence-corrected chi connectivity index (χ2v) is 6.43. The number of para-hydroxylation sites is 1. The number of nitrogens with zero attached hydrogens (tertiary/aromatic N) is 1. The summed E-state index contributed by atoms with van der Waals surface area (Å²) in [6.45, 7) is 2.16. The second-order valence-electron chi connectivity index (χ2n) is 5.36. The Bertz CT molecular complexity index is 575. The number of aryl methyl sites for hydroxylation is 1. The Balaban J connectivity index is 1.79. The van der Waals surface area contributed by atoms with Crippen molar-refractivity contribution >= 4 is 21.6 Å². The van der Waals surface area contributed by atoms with E-state index in [4.69, 9.17) is 4.98 Å². The van der Waals surface area contributed by atoms with E-state index in [9.17, 15) is 0 Å². The lowest BCUT2D eigenvalue weighted by molar-refractivity contribution is 0.505. The van der Waals surface area contributed by atoms with Crippen LogP contribution >= 0.6 is 11.3 Å². The molecular weight excluding hydrogens is 228 g/mol. The summed E-state index contributed by atoms with van der Waals surface area (Å²) < 4.78 is 1.35. The van der Waals surface area contributed by atoms with Crippen LogP contribution in [0.1, 0.15) is 35.8 Å². The summed E-state index contributed by atoms with van der Waals surface area (Å²) in [5.41, 5.74) is 2.52. The molecule has 1 aromatic heterocycles. The van der Waals surface area contributed by atoms with Crippen LogP contribution in [-0.2, 0) is 0 Å². The number of hydrogen-bond acceptors (Lipinski definition) is 3. The molecule has 2 fully saturated rings. The minimum Gasteiger partial charge on any atom is -0.311 e. The predicted octanol–water partition coefficient (Wildman–Crippen LogP) is 3.21. The zero-order chi connectivity index (χ0) is 11.4. The lowest BCUT2D eigenvalue weighted by Gasteiger charge is -2.17. The van der Waals surface area contributed by atoms with E-state index in [2.05, 4.69) is 30.4 Å². The topological polar surface area (TPSA) is 24.9 Å². The van der Waals surface area contributed by atoms with Gasteiger partial charge in [0, 0.05) is 18.0 Å². The third-order valence-corrected chi connectivity index (χ3v) is 5.41. The molecule has 17 heavy (non-hydrogen) atoms. The van der Waals surface area contributed by atoms with Gasteiger partial charge in [0.05, 0.1) is 15.2 Å². The lowest BCUT2D eigenvalue weighted by atomic mass is 9.90. The SMILES string of the molecule is Cc1cccc2sc(C3CC4CCC3N4)nc12. The van der Waals surface area contributed by atoms with Crippen LogP contribution in [0.3, 0.4) is 0 Å². The number of benzene rings is 1. The van der Waals surface area contributed by atoms with Crippen molar-refractivity contribution < 1.29 is 0 Å². The van der Waals surface area contributed by atoms with Crippen molar-refractivity contribution in [3.05, 3.63) is 28.8 Å². The molecule has 1 aromatic carbocycles. The molecule has 2 nitrogen and oxygen atoms in total. The molecule has 4 rings (SSSR count). The molecule has 0 aliphatic carbocycles. The molecule has 2 saturated heterocycles. The molecule has 2 aliphatic heterocycles. The highest BCUT2D eigenvalue weighted by atomic mass is 32.1. The van der Waals surface area contributed by atoms with Gasteiger partial charge in [-0.05, 0) is 37.8 Å². The van der Waals surface area contributed by atoms with Gasteiger partial charge in [0.25, 0.3) is 0 Å². The van der Waals surface area contributed by atoms with E-state index in [0.29, 0.717) is 12.0 Å². The van der Waals surface area contributed by atoms with E-state index < -0.39 is 0 Å². The first-order valence-corrected chi connectivity index (χ1v) is 7.25. The van der Waals surface area contributed by atoms with E-state index in [1.54, 1.807) is 0 Å². The molecule has 3 unspecified atom stereocenters. The number of hydrogen-bond donors (Lipinski definition) is 1. The van der Waals surface area contributed by atoms with Gasteiger partial charge in [0.2, 0.25) is 0 Å². The minimum absolute atomic E-state index is 0.672. The van der Waals surface area contributed by atoms with Gasteiger partial charge >= 0.3 is 0 Å². The van der Waals surface area contributed by atoms with Crippen LogP contribution in [0.25, 0.3) is 10.2 Å². The standard InChI is InChI=1S/C14H16N2S/c1-8-3-2-4-12-13(8)16-14(17-12)10-7-9-5-6-11(10)15-9/h2-4,9-11,15H,5-7H2,1H3. The number of aromatic nitrogens is 1. The highest BCUT2D eigenvalue weighted by molar-refractivity contribution is 7.18. The van der Waals surface area contributed by atoms with E-state index in [-0.39, 0.29) is 0 Å². The van der Waals surface area contributed by atoms with Crippen LogP contribution in [0.15, 0.2) is 18.2 Å². The van der Waals surface area contributed by atoms with Gasteiger partial charge < -0.3 is 5.32 Å². The van der Waals surface area contributed by atoms with Gasteiger partial charge in [-0.3, -0.25) is 0 Å². The number of rotatable bonds is 1. The minimum atomic E-state index is 0.672. The van der Waals surface area contributed by atoms with Crippen LogP contribution in [0.2, 0.25) is 0 Å². The van der Waals surface area contributed by atoms with Crippen molar-refractivity contribution in [2.75, 3.05) is 0 Å². The fourth-order valence-corrected chi connectivity index (χ4v) is 4.58. The summed E-state index contributed by atoms with van der Waals surface area (Å²) in [4.78, 5) is 4.89. The number of thiazole rings is 1. The monoisotopic (exact) mass is 244 g/mol. The van der Waals surface area contributed by atoms with Crippen molar-refractivity contribution in [3.8, 4) is 0 Å². The summed E-state index contributed by atoms with van der Waals surface area (Å²) in [7, 11) is 0. The van der Waals surface area contributed by atoms with Gasteiger partial charge in [-0.25, -0.2) is 4.98 Å². The van der Waals surface area contributed by atoms with Crippen molar-refractivity contribution in [1.82, 2.24) is 10.3 Å². The van der Waals surface area contributed by atoms with E-state index >= 15 is 0 Å². The number of fused-ring (bicyclic) bond motifs is 3. The Labute approximate surface area is 105 Å². The Kier molecular flexibility index (Phi) is 2.08. The molecular formula is C14H16N2S. The van der Waals surface area contributed by atoms with Gasteiger partial charge in [0.1, 0.15) is 0 Å². The molecule has 0 radical (unpaired) electrons. The zero-order valence-corrected chi connectivity index (χ0v) is 10.8. The maximum atomic E-state index is 4.89. The molecule has 0 spiro atoms. The summed E-state index contributed by atoms with van der Waals surface area (Å²) in [6.07, 6.45) is 4.00. The third-order valence-electron chi connectivity index (χ3n) is 4.25. The summed E-state index contributed by atoms with van der Waals surface area (Å²) >= 11 is 1.90. The average molecular weight is 244 g/mol. The second kappa shape index (κ2) is 3.53. The quantitative estimate of drug-likeness (QED) is 0.833. The fraction of sp³-hybridized carbons (Fsp3) is 0.500. The van der Waals surface area contributed by atoms with Crippen molar-refractivity contribution in [3.63, 3.8) is 0 Å². The fourth-order valence-electron chi connectivity index (χ4n) is 3.36. The first kappa shape index (κ1) is 10.0. The Hall–Kier alpha value is -0.930. The van der Waals surface area contributed by atoms with Crippen LogP contribution in [-0.4, -0.2) is 17.1 Å². The van der Waals surface area contributed by atoms with Crippen LogP contribution in [0, 0.1) is 6.92 Å². The third kappa shape index (κ3) is 1.45. The Morgan fingerprint density at radius 3 is 3.00 bits per heavy atom. The van der Waals surface area contributed by atoms with Gasteiger partial charge in [0.15, 0.2) is 0 Å². The van der Waals surface area contributed by atoms with E-state index in [0.717, 1.165) is 6.04 Å². The van der Waals surface area contributed by atoms with Gasteiger partial charge in [-0.15, -0.1) is 11.3 Å². The average Bonchev–Trinajstić information content (AvgIpc) is 3.03. The summed E-state index contributed by atoms with van der Waals surface area (Å²) in [5.74, 6) is 0.672. The van der Waals surface area contributed by atoms with Crippen molar-refractivity contribution in [2.24, 2.45) is 0 Å². The maximum absolute atomic E-state index is 4.89. The molecule has 2 bridgehead atoms. The van der Waals surface area contributed by atoms with Crippen LogP contribution in [0.4, 0.5) is 0 Å². The molecule has 3 heterocycles. The first-order chi connectivity index (χ1) is 8.31. The largest absolute Gasteiger partial charge is 0.311 e. The van der Waals surface area contributed by atoms with Crippen molar-refractivity contribution in [2.45, 2.75) is 44.2 Å². The van der Waals surface area contributed by atoms with E-state index in [1.165, 1.54) is 40.1 Å². The van der Waals surface area contributed by atoms with Gasteiger partial charge in [-0.2, -0.15) is 0 Å². The van der Waals surface area contributed by atoms with Crippen LogP contribution < -0.4 is 5.32 Å². The number of nitrogens with one attached hydrogen (secondary N) is 1. The molecule has 0 saturated carbocycles. The molecule has 1 N–H and O–H groups in total.